The van der Waals surface area contributed by atoms with Gasteiger partial charge in [0.05, 0.1) is 18.1 Å². The number of ether oxygens (including phenoxy) is 2. The molecule has 3 aliphatic rings. The number of phenolic OH excluding ortho intramolecular Hbond substituents is 1. The zero-order valence-corrected chi connectivity index (χ0v) is 27.1. The van der Waals surface area contributed by atoms with Gasteiger partial charge in [-0.2, -0.15) is 0 Å². The molecule has 9 nitrogen and oxygen atoms in total. The Bertz CT molecular complexity index is 1130. The van der Waals surface area contributed by atoms with E-state index in [2.05, 4.69) is 17.2 Å². The van der Waals surface area contributed by atoms with Gasteiger partial charge in [0.1, 0.15) is 30.9 Å². The number of aromatic hydroxyl groups is 1. The highest BCUT2D eigenvalue weighted by Gasteiger charge is 2.43. The minimum absolute atomic E-state index is 0.0135. The standard InChI is InChI=1S/C36H54N2O7/c1-3-4-11-34-28(22-40)18-29(45-34)14-12-25-13-15-32(42)35(17-25)44-23-33(43)31-19-27(21-38-31)36(26-8-5-6-9-26)30(10-7-16-39)37-20-24(2)41/h13,15,17-19,21,24,26,30,33-34,36-37,39-41,43,45H,3-12,14,16,20,22-23H2,1-2H3/p+1/t24-,30-,33-,34?,36-/m0/s1. The van der Waals surface area contributed by atoms with Crippen molar-refractivity contribution < 1.29 is 35.0 Å². The Morgan fingerprint density at radius 3 is 2.69 bits per heavy atom. The average molecular weight is 628 g/mol. The number of nitrogens with one attached hydrogen (secondary N) is 1. The molecule has 250 valence electrons. The molecule has 0 saturated heterocycles. The average Bonchev–Trinajstić information content (AvgIpc) is 3.82. The summed E-state index contributed by atoms with van der Waals surface area (Å²) in [6.07, 6.45) is 16.2. The van der Waals surface area contributed by atoms with Crippen LogP contribution in [-0.2, 0) is 6.42 Å². The number of nitrogens with zero attached hydrogens (tertiary/aromatic N) is 1. The molecule has 9 heteroatoms. The van der Waals surface area contributed by atoms with Gasteiger partial charge in [0.2, 0.25) is 5.70 Å². The molecule has 0 aromatic heterocycles. The highest BCUT2D eigenvalue weighted by molar-refractivity contribution is 5.83. The summed E-state index contributed by atoms with van der Waals surface area (Å²) in [5.41, 5.74) is 2.50. The van der Waals surface area contributed by atoms with Crippen molar-refractivity contribution in [3.8, 4) is 11.5 Å². The van der Waals surface area contributed by atoms with Gasteiger partial charge in [-0.3, -0.25) is 0 Å². The molecule has 0 radical (unpaired) electrons. The van der Waals surface area contributed by atoms with Crippen LogP contribution in [-0.4, -0.2) is 87.2 Å². The lowest BCUT2D eigenvalue weighted by molar-refractivity contribution is -0.0550. The van der Waals surface area contributed by atoms with Gasteiger partial charge in [0.15, 0.2) is 17.6 Å². The number of unbranched alkanes of at least 4 members (excludes halogenated alkanes) is 1. The van der Waals surface area contributed by atoms with Crippen LogP contribution in [0.2, 0.25) is 0 Å². The maximum atomic E-state index is 11.0. The molecule has 1 fully saturated rings. The Morgan fingerprint density at radius 2 is 1.98 bits per heavy atom. The van der Waals surface area contributed by atoms with E-state index in [0.717, 1.165) is 68.1 Å². The molecule has 2 aliphatic heterocycles. The minimum Gasteiger partial charge on any atom is -0.504 e. The largest absolute Gasteiger partial charge is 0.504 e. The van der Waals surface area contributed by atoms with Crippen LogP contribution in [0.4, 0.5) is 0 Å². The van der Waals surface area contributed by atoms with Crippen LogP contribution < -0.4 is 10.1 Å². The van der Waals surface area contributed by atoms with Crippen LogP contribution in [0, 0.1) is 23.9 Å². The van der Waals surface area contributed by atoms with Crippen LogP contribution in [0.1, 0.15) is 83.6 Å². The minimum atomic E-state index is -0.970. The highest BCUT2D eigenvalue weighted by Crippen LogP contribution is 2.41. The summed E-state index contributed by atoms with van der Waals surface area (Å²) in [7, 11) is 0. The molecule has 1 unspecified atom stereocenters. The van der Waals surface area contributed by atoms with Crippen molar-refractivity contribution in [3.63, 3.8) is 0 Å². The molecular weight excluding hydrogens is 572 g/mol. The summed E-state index contributed by atoms with van der Waals surface area (Å²) < 4.78 is 10.7. The summed E-state index contributed by atoms with van der Waals surface area (Å²) in [4.78, 5) is 4.57. The maximum absolute atomic E-state index is 11.0. The van der Waals surface area contributed by atoms with Gasteiger partial charge in [-0.25, -0.2) is 0 Å². The molecule has 7 N–H and O–H groups in total. The fourth-order valence-electron chi connectivity index (χ4n) is 6.87. The summed E-state index contributed by atoms with van der Waals surface area (Å²) >= 11 is 0. The van der Waals surface area contributed by atoms with Crippen LogP contribution in [0.3, 0.4) is 0 Å². The Labute approximate surface area is 269 Å². The maximum Gasteiger partial charge on any atom is 0.207 e. The monoisotopic (exact) mass is 627 g/mol. The number of aryl methyl sites for hydroxylation is 1. The first kappa shape index (κ1) is 35.3. The quantitative estimate of drug-likeness (QED) is 0.0943. The van der Waals surface area contributed by atoms with E-state index in [4.69, 9.17) is 9.47 Å². The molecule has 5 atom stereocenters. The van der Waals surface area contributed by atoms with Gasteiger partial charge >= 0.3 is 0 Å². The van der Waals surface area contributed by atoms with Crippen LogP contribution in [0.25, 0.3) is 0 Å². The van der Waals surface area contributed by atoms with Crippen LogP contribution >= 0.6 is 0 Å². The smallest absolute Gasteiger partial charge is 0.207 e. The van der Waals surface area contributed by atoms with Gasteiger partial charge in [-0.05, 0) is 75.5 Å². The number of phenols is 1. The van der Waals surface area contributed by atoms with E-state index in [0.29, 0.717) is 36.8 Å². The molecule has 2 heterocycles. The zero-order valence-electron chi connectivity index (χ0n) is 27.1. The second-order valence-corrected chi connectivity index (χ2v) is 12.9. The van der Waals surface area contributed by atoms with E-state index in [1.807, 2.05) is 30.5 Å². The second-order valence-electron chi connectivity index (χ2n) is 12.9. The molecule has 45 heavy (non-hydrogen) atoms. The molecule has 1 aromatic rings. The van der Waals surface area contributed by atoms with E-state index in [1.54, 1.807) is 13.0 Å². The van der Waals surface area contributed by atoms with Gasteiger partial charge in [-0.1, -0.05) is 32.3 Å². The molecule has 0 amide bonds. The third-order valence-corrected chi connectivity index (χ3v) is 9.30. The van der Waals surface area contributed by atoms with Gasteiger partial charge in [0.25, 0.3) is 0 Å². The van der Waals surface area contributed by atoms with Crippen molar-refractivity contribution in [1.29, 1.82) is 0 Å². The van der Waals surface area contributed by atoms with E-state index in [1.165, 1.54) is 12.8 Å². The Kier molecular flexibility index (Phi) is 14.1. The number of aliphatic hydroxyl groups excluding tert-OH is 4. The fraction of sp³-hybridized carbons (Fsp3) is 0.639. The lowest BCUT2D eigenvalue weighted by Gasteiger charge is -2.31. The number of aliphatic imine (C=N–C) groups is 1. The molecule has 0 bridgehead atoms. The molecule has 1 saturated carbocycles. The lowest BCUT2D eigenvalue weighted by atomic mass is 9.74. The summed E-state index contributed by atoms with van der Waals surface area (Å²) in [5, 5.41) is 54.3. The fourth-order valence-corrected chi connectivity index (χ4v) is 6.87. The first-order valence-corrected chi connectivity index (χ1v) is 17.0. The summed E-state index contributed by atoms with van der Waals surface area (Å²) in [6, 6.07) is 5.38. The Balaban J connectivity index is 1.35. The number of allylic oxidation sites excluding steroid dienone is 1. The first-order chi connectivity index (χ1) is 21.8. The molecule has 0 spiro atoms. The SMILES string of the molecule is CCCCC1[OH+][C-](CCc2ccc(O)c(OC[C@H](O)C3=C[C+]([C@H](C4CCCC4)[C@H](CCCO)NC[C@H](C)O)C=N3)c2)C=C1CO. The third kappa shape index (κ3) is 10.2. The van der Waals surface area contributed by atoms with E-state index in [9.17, 15) is 25.5 Å². The van der Waals surface area contributed by atoms with Crippen molar-refractivity contribution in [2.24, 2.45) is 16.8 Å². The summed E-state index contributed by atoms with van der Waals surface area (Å²) in [6.45, 7) is 4.51. The van der Waals surface area contributed by atoms with E-state index >= 15 is 0 Å². The van der Waals surface area contributed by atoms with Crippen LogP contribution in [0.5, 0.6) is 11.5 Å². The molecular formula is C36H55N2O7+. The topological polar surface area (TPSA) is 148 Å². The second kappa shape index (κ2) is 18.0. The van der Waals surface area contributed by atoms with Crippen molar-refractivity contribution in [2.75, 3.05) is 26.4 Å². The van der Waals surface area contributed by atoms with Crippen molar-refractivity contribution in [2.45, 2.75) is 109 Å². The molecule has 1 aromatic carbocycles. The number of rotatable bonds is 20. The van der Waals surface area contributed by atoms with Crippen molar-refractivity contribution in [1.82, 2.24) is 5.32 Å². The van der Waals surface area contributed by atoms with Gasteiger partial charge in [-0.15, -0.1) is 16.6 Å². The zero-order chi connectivity index (χ0) is 32.2. The Hall–Kier alpha value is -2.53. The van der Waals surface area contributed by atoms with Gasteiger partial charge in [0, 0.05) is 32.2 Å². The van der Waals surface area contributed by atoms with Crippen molar-refractivity contribution in [3.05, 3.63) is 59.2 Å². The van der Waals surface area contributed by atoms with E-state index < -0.39 is 12.2 Å². The first-order valence-electron chi connectivity index (χ1n) is 17.0. The van der Waals surface area contributed by atoms with Crippen molar-refractivity contribution >= 4 is 6.21 Å². The van der Waals surface area contributed by atoms with Gasteiger partial charge < -0.3 is 40.3 Å². The number of aliphatic hydroxyl groups is 6. The predicted molar refractivity (Wildman–Crippen MR) is 177 cm³/mol. The number of hydrogen-bond donors (Lipinski definition) is 6. The number of hydrogen-bond acceptors (Lipinski definition) is 8. The van der Waals surface area contributed by atoms with Crippen LogP contribution in [0.15, 0.2) is 46.6 Å². The van der Waals surface area contributed by atoms with E-state index in [-0.39, 0.29) is 43.6 Å². The third-order valence-electron chi connectivity index (χ3n) is 9.30. The molecule has 4 rings (SSSR count). The molecule has 1 aliphatic carbocycles. The summed E-state index contributed by atoms with van der Waals surface area (Å²) in [5.74, 6) is 2.03. The number of benzene rings is 1. The lowest BCUT2D eigenvalue weighted by Crippen LogP contribution is -2.44. The normalized spacial score (nSPS) is 21.2. The highest BCUT2D eigenvalue weighted by atomic mass is 16.5. The Morgan fingerprint density at radius 1 is 1.18 bits per heavy atom. The predicted octanol–water partition coefficient (Wildman–Crippen LogP) is 4.08.